The maximum absolute atomic E-state index is 5.97. The molecule has 90 valence electrons. The minimum Gasteiger partial charge on any atom is -0.358 e. The summed E-state index contributed by atoms with van der Waals surface area (Å²) < 4.78 is 0. The number of H-pyrrole nitrogens is 1. The molecule has 1 heterocycles. The summed E-state index contributed by atoms with van der Waals surface area (Å²) in [6.45, 7) is 0. The van der Waals surface area contributed by atoms with Gasteiger partial charge in [0.2, 0.25) is 0 Å². The second-order valence-corrected chi connectivity index (χ2v) is 5.20. The van der Waals surface area contributed by atoms with Crippen molar-refractivity contribution >= 4 is 34.1 Å². The summed E-state index contributed by atoms with van der Waals surface area (Å²) in [5.41, 5.74) is 3.48. The molecule has 1 nitrogen and oxygen atoms in total. The molecule has 18 heavy (non-hydrogen) atoms. The van der Waals surface area contributed by atoms with Gasteiger partial charge in [0.05, 0.1) is 0 Å². The van der Waals surface area contributed by atoms with E-state index in [0.717, 1.165) is 22.0 Å². The fourth-order valence-corrected chi connectivity index (χ4v) is 2.37. The SMILES string of the molecule is Clc1ccc(Cc2cc3ccc(Cl)cc3[nH]2)cc1. The Hall–Kier alpha value is -1.44. The molecule has 0 saturated heterocycles. The highest BCUT2D eigenvalue weighted by Gasteiger charge is 2.02. The van der Waals surface area contributed by atoms with Crippen LogP contribution in [0.1, 0.15) is 11.3 Å². The molecule has 0 fully saturated rings. The summed E-state index contributed by atoms with van der Waals surface area (Å²) in [7, 11) is 0. The average molecular weight is 276 g/mol. The molecule has 1 N–H and O–H groups in total. The number of hydrogen-bond acceptors (Lipinski definition) is 0. The van der Waals surface area contributed by atoms with E-state index in [1.165, 1.54) is 16.6 Å². The van der Waals surface area contributed by atoms with E-state index in [1.807, 2.05) is 42.5 Å². The van der Waals surface area contributed by atoms with Gasteiger partial charge in [-0.25, -0.2) is 0 Å². The lowest BCUT2D eigenvalue weighted by atomic mass is 10.1. The molecule has 0 amide bonds. The van der Waals surface area contributed by atoms with Crippen LogP contribution in [0.15, 0.2) is 48.5 Å². The molecule has 3 rings (SSSR count). The fourth-order valence-electron chi connectivity index (χ4n) is 2.08. The largest absolute Gasteiger partial charge is 0.358 e. The van der Waals surface area contributed by atoms with Gasteiger partial charge in [-0.15, -0.1) is 0 Å². The minimum absolute atomic E-state index is 0.752. The van der Waals surface area contributed by atoms with E-state index in [-0.39, 0.29) is 0 Å². The number of aromatic amines is 1. The van der Waals surface area contributed by atoms with Gasteiger partial charge in [-0.3, -0.25) is 0 Å². The first-order valence-electron chi connectivity index (χ1n) is 5.72. The lowest BCUT2D eigenvalue weighted by Crippen LogP contribution is -1.87. The quantitative estimate of drug-likeness (QED) is 0.673. The summed E-state index contributed by atoms with van der Waals surface area (Å²) in [4.78, 5) is 3.38. The normalized spacial score (nSPS) is 11.0. The van der Waals surface area contributed by atoms with Crippen molar-refractivity contribution in [2.24, 2.45) is 0 Å². The zero-order valence-electron chi connectivity index (χ0n) is 9.58. The van der Waals surface area contributed by atoms with Gasteiger partial charge in [-0.1, -0.05) is 41.4 Å². The van der Waals surface area contributed by atoms with Crippen molar-refractivity contribution in [2.75, 3.05) is 0 Å². The highest BCUT2D eigenvalue weighted by Crippen LogP contribution is 2.21. The van der Waals surface area contributed by atoms with Gasteiger partial charge < -0.3 is 4.98 Å². The topological polar surface area (TPSA) is 15.8 Å². The first kappa shape index (κ1) is 11.6. The van der Waals surface area contributed by atoms with Crippen LogP contribution >= 0.6 is 23.2 Å². The molecule has 2 aromatic carbocycles. The highest BCUT2D eigenvalue weighted by molar-refractivity contribution is 6.31. The maximum Gasteiger partial charge on any atom is 0.0471 e. The third kappa shape index (κ3) is 2.38. The lowest BCUT2D eigenvalue weighted by Gasteiger charge is -1.98. The molecule has 1 aromatic heterocycles. The van der Waals surface area contributed by atoms with Crippen LogP contribution in [0.3, 0.4) is 0 Å². The van der Waals surface area contributed by atoms with E-state index < -0.39 is 0 Å². The third-order valence-corrected chi connectivity index (χ3v) is 3.44. The zero-order valence-corrected chi connectivity index (χ0v) is 11.1. The van der Waals surface area contributed by atoms with Crippen molar-refractivity contribution < 1.29 is 0 Å². The first-order valence-corrected chi connectivity index (χ1v) is 6.48. The van der Waals surface area contributed by atoms with Gasteiger partial charge in [0.25, 0.3) is 0 Å². The number of nitrogens with one attached hydrogen (secondary N) is 1. The molecule has 0 unspecified atom stereocenters. The molecule has 0 bridgehead atoms. The van der Waals surface area contributed by atoms with E-state index in [2.05, 4.69) is 11.1 Å². The molecule has 0 aliphatic heterocycles. The third-order valence-electron chi connectivity index (χ3n) is 2.95. The van der Waals surface area contributed by atoms with Crippen molar-refractivity contribution in [3.8, 4) is 0 Å². The van der Waals surface area contributed by atoms with Crippen LogP contribution in [0, 0.1) is 0 Å². The minimum atomic E-state index is 0.752. The molecule has 0 saturated carbocycles. The standard InChI is InChI=1S/C15H11Cl2N/c16-12-4-1-10(2-5-12)7-14-8-11-3-6-13(17)9-15(11)18-14/h1-6,8-9,18H,7H2. The summed E-state index contributed by atoms with van der Waals surface area (Å²) in [5.74, 6) is 0. The second-order valence-electron chi connectivity index (χ2n) is 4.33. The van der Waals surface area contributed by atoms with E-state index in [1.54, 1.807) is 0 Å². The van der Waals surface area contributed by atoms with Gasteiger partial charge in [0.1, 0.15) is 0 Å². The Labute approximate surface area is 115 Å². The van der Waals surface area contributed by atoms with Crippen LogP contribution in [-0.2, 0) is 6.42 Å². The van der Waals surface area contributed by atoms with Crippen LogP contribution in [0.25, 0.3) is 10.9 Å². The van der Waals surface area contributed by atoms with Gasteiger partial charge in [0.15, 0.2) is 0 Å². The molecule has 0 aliphatic carbocycles. The molecular weight excluding hydrogens is 265 g/mol. The van der Waals surface area contributed by atoms with E-state index >= 15 is 0 Å². The highest BCUT2D eigenvalue weighted by atomic mass is 35.5. The Morgan fingerprint density at radius 3 is 2.33 bits per heavy atom. The maximum atomic E-state index is 5.97. The van der Waals surface area contributed by atoms with Crippen molar-refractivity contribution in [1.29, 1.82) is 0 Å². The van der Waals surface area contributed by atoms with Crippen LogP contribution in [0.2, 0.25) is 10.0 Å². The first-order chi connectivity index (χ1) is 8.70. The zero-order chi connectivity index (χ0) is 12.5. The van der Waals surface area contributed by atoms with E-state index in [0.29, 0.717) is 0 Å². The summed E-state index contributed by atoms with van der Waals surface area (Å²) in [6.07, 6.45) is 0.865. The van der Waals surface area contributed by atoms with Crippen molar-refractivity contribution in [3.63, 3.8) is 0 Å². The summed E-state index contributed by atoms with van der Waals surface area (Å²) >= 11 is 11.8. The molecule has 0 atom stereocenters. The molecule has 3 aromatic rings. The number of fused-ring (bicyclic) bond motifs is 1. The van der Waals surface area contributed by atoms with Gasteiger partial charge in [-0.05, 0) is 41.3 Å². The number of aromatic nitrogens is 1. The molecule has 0 spiro atoms. The Balaban J connectivity index is 1.92. The Kier molecular flexibility index (Phi) is 3.02. The van der Waals surface area contributed by atoms with Crippen molar-refractivity contribution in [3.05, 3.63) is 69.8 Å². The van der Waals surface area contributed by atoms with Gasteiger partial charge in [-0.2, -0.15) is 0 Å². The van der Waals surface area contributed by atoms with Gasteiger partial charge in [0, 0.05) is 27.7 Å². The van der Waals surface area contributed by atoms with Crippen LogP contribution in [0.5, 0.6) is 0 Å². The summed E-state index contributed by atoms with van der Waals surface area (Å²) in [6, 6.07) is 15.9. The van der Waals surface area contributed by atoms with Gasteiger partial charge >= 0.3 is 0 Å². The summed E-state index contributed by atoms with van der Waals surface area (Å²) in [5, 5.41) is 2.70. The Morgan fingerprint density at radius 2 is 1.56 bits per heavy atom. The van der Waals surface area contributed by atoms with E-state index in [4.69, 9.17) is 23.2 Å². The Morgan fingerprint density at radius 1 is 0.833 bits per heavy atom. The van der Waals surface area contributed by atoms with E-state index in [9.17, 15) is 0 Å². The number of hydrogen-bond donors (Lipinski definition) is 1. The van der Waals surface area contributed by atoms with Crippen LogP contribution < -0.4 is 0 Å². The Bertz CT molecular complexity index is 683. The van der Waals surface area contributed by atoms with Crippen molar-refractivity contribution in [1.82, 2.24) is 4.98 Å². The van der Waals surface area contributed by atoms with Crippen LogP contribution in [-0.4, -0.2) is 4.98 Å². The second kappa shape index (κ2) is 4.68. The van der Waals surface area contributed by atoms with Crippen LogP contribution in [0.4, 0.5) is 0 Å². The predicted octanol–water partition coefficient (Wildman–Crippen LogP) is 5.07. The predicted molar refractivity (Wildman–Crippen MR) is 77.6 cm³/mol. The monoisotopic (exact) mass is 275 g/mol. The number of benzene rings is 2. The number of rotatable bonds is 2. The van der Waals surface area contributed by atoms with Crippen molar-refractivity contribution in [2.45, 2.75) is 6.42 Å². The molecule has 3 heteroatoms. The smallest absolute Gasteiger partial charge is 0.0471 e. The fraction of sp³-hybridized carbons (Fsp3) is 0.0667. The lowest BCUT2D eigenvalue weighted by molar-refractivity contribution is 1.12. The molecular formula is C15H11Cl2N. The number of halogens is 2. The average Bonchev–Trinajstić information content (AvgIpc) is 2.73. The molecule has 0 aliphatic rings. The molecule has 0 radical (unpaired) electrons.